The number of thiocarbonyl (C=S) groups is 1. The predicted octanol–water partition coefficient (Wildman–Crippen LogP) is 3.01. The molecule has 0 unspecified atom stereocenters. The Morgan fingerprint density at radius 2 is 2.05 bits per heavy atom. The molecule has 3 aromatic rings. The zero-order valence-electron chi connectivity index (χ0n) is 11.9. The normalized spacial score (nSPS) is 10.4. The van der Waals surface area contributed by atoms with Crippen molar-refractivity contribution in [2.45, 2.75) is 13.1 Å². The second-order valence-electron chi connectivity index (χ2n) is 4.80. The van der Waals surface area contributed by atoms with Gasteiger partial charge in [-0.3, -0.25) is 4.68 Å². The maximum Gasteiger partial charge on any atom is 0.171 e. The summed E-state index contributed by atoms with van der Waals surface area (Å²) in [5.41, 5.74) is 2.06. The Morgan fingerprint density at radius 3 is 2.82 bits per heavy atom. The molecule has 2 aromatic heterocycles. The topological polar surface area (TPSA) is 55.0 Å². The average Bonchev–Trinajstić information content (AvgIpc) is 3.18. The van der Waals surface area contributed by atoms with Crippen molar-refractivity contribution in [2.75, 3.05) is 5.32 Å². The molecular weight excluding hydrogens is 296 g/mol. The van der Waals surface area contributed by atoms with Crippen molar-refractivity contribution in [1.82, 2.24) is 15.1 Å². The zero-order chi connectivity index (χ0) is 15.2. The van der Waals surface area contributed by atoms with Gasteiger partial charge in [0.1, 0.15) is 5.76 Å². The first-order chi connectivity index (χ1) is 10.8. The largest absolute Gasteiger partial charge is 0.467 e. The van der Waals surface area contributed by atoms with E-state index in [1.807, 2.05) is 41.2 Å². The van der Waals surface area contributed by atoms with E-state index in [9.17, 15) is 0 Å². The third-order valence-corrected chi connectivity index (χ3v) is 3.33. The van der Waals surface area contributed by atoms with E-state index in [2.05, 4.69) is 27.9 Å². The van der Waals surface area contributed by atoms with Crippen LogP contribution in [-0.2, 0) is 13.1 Å². The van der Waals surface area contributed by atoms with Crippen LogP contribution in [0.3, 0.4) is 0 Å². The lowest BCUT2D eigenvalue weighted by Gasteiger charge is -2.07. The summed E-state index contributed by atoms with van der Waals surface area (Å²) in [5.74, 6) is 0.837. The summed E-state index contributed by atoms with van der Waals surface area (Å²) >= 11 is 5.25. The van der Waals surface area contributed by atoms with Gasteiger partial charge in [-0.1, -0.05) is 30.3 Å². The molecule has 3 rings (SSSR count). The highest BCUT2D eigenvalue weighted by molar-refractivity contribution is 7.80. The van der Waals surface area contributed by atoms with E-state index in [0.717, 1.165) is 18.0 Å². The summed E-state index contributed by atoms with van der Waals surface area (Å²) in [6.07, 6.45) is 5.32. The lowest BCUT2D eigenvalue weighted by molar-refractivity contribution is 0.503. The minimum atomic E-state index is 0.538. The number of anilines is 1. The summed E-state index contributed by atoms with van der Waals surface area (Å²) in [6, 6.07) is 13.9. The van der Waals surface area contributed by atoms with Crippen LogP contribution in [0.1, 0.15) is 11.3 Å². The maximum absolute atomic E-state index is 5.25. The first kappa shape index (κ1) is 14.3. The van der Waals surface area contributed by atoms with Crippen molar-refractivity contribution in [2.24, 2.45) is 0 Å². The van der Waals surface area contributed by atoms with Crippen LogP contribution in [0.5, 0.6) is 0 Å². The minimum absolute atomic E-state index is 0.538. The van der Waals surface area contributed by atoms with Gasteiger partial charge < -0.3 is 15.1 Å². The van der Waals surface area contributed by atoms with Gasteiger partial charge in [0.05, 0.1) is 31.2 Å². The number of furan rings is 1. The SMILES string of the molecule is S=C(NCc1ccco1)Nc1cnn(Cc2ccccc2)c1. The molecule has 0 fully saturated rings. The third-order valence-electron chi connectivity index (χ3n) is 3.08. The molecule has 0 aliphatic carbocycles. The molecule has 2 heterocycles. The quantitative estimate of drug-likeness (QED) is 0.709. The minimum Gasteiger partial charge on any atom is -0.467 e. The van der Waals surface area contributed by atoms with Crippen molar-refractivity contribution in [3.8, 4) is 0 Å². The Morgan fingerprint density at radius 1 is 1.18 bits per heavy atom. The molecule has 2 N–H and O–H groups in total. The summed E-state index contributed by atoms with van der Waals surface area (Å²) in [4.78, 5) is 0. The van der Waals surface area contributed by atoms with Crippen molar-refractivity contribution in [3.05, 3.63) is 72.4 Å². The van der Waals surface area contributed by atoms with Crippen LogP contribution in [-0.4, -0.2) is 14.9 Å². The molecule has 0 amide bonds. The Balaban J connectivity index is 1.51. The van der Waals surface area contributed by atoms with E-state index >= 15 is 0 Å². The zero-order valence-corrected chi connectivity index (χ0v) is 12.7. The number of hydrogen-bond donors (Lipinski definition) is 2. The van der Waals surface area contributed by atoms with Crippen molar-refractivity contribution in [1.29, 1.82) is 0 Å². The lowest BCUT2D eigenvalue weighted by atomic mass is 10.2. The highest BCUT2D eigenvalue weighted by atomic mass is 32.1. The summed E-state index contributed by atoms with van der Waals surface area (Å²) < 4.78 is 7.11. The molecule has 6 heteroatoms. The van der Waals surface area contributed by atoms with Crippen LogP contribution in [0.25, 0.3) is 0 Å². The molecule has 0 saturated heterocycles. The molecule has 0 bridgehead atoms. The Kier molecular flexibility index (Phi) is 4.50. The number of hydrogen-bond acceptors (Lipinski definition) is 3. The average molecular weight is 312 g/mol. The summed E-state index contributed by atoms with van der Waals surface area (Å²) in [5, 5.41) is 11.0. The van der Waals surface area contributed by atoms with Crippen LogP contribution < -0.4 is 10.6 Å². The van der Waals surface area contributed by atoms with Gasteiger partial charge in [-0.15, -0.1) is 0 Å². The molecule has 0 atom stereocenters. The Labute approximate surface area is 134 Å². The molecular formula is C16H16N4OS. The number of aromatic nitrogens is 2. The van der Waals surface area contributed by atoms with Crippen molar-refractivity contribution in [3.63, 3.8) is 0 Å². The smallest absolute Gasteiger partial charge is 0.171 e. The highest BCUT2D eigenvalue weighted by Gasteiger charge is 2.03. The molecule has 1 aromatic carbocycles. The molecule has 0 aliphatic heterocycles. The van der Waals surface area contributed by atoms with Gasteiger partial charge in [0.2, 0.25) is 0 Å². The summed E-state index contributed by atoms with van der Waals surface area (Å²) in [6.45, 7) is 1.28. The van der Waals surface area contributed by atoms with Crippen molar-refractivity contribution >= 4 is 23.0 Å². The fourth-order valence-corrected chi connectivity index (χ4v) is 2.23. The molecule has 112 valence electrons. The first-order valence-electron chi connectivity index (χ1n) is 6.93. The molecule has 0 spiro atoms. The van der Waals surface area contributed by atoms with E-state index in [4.69, 9.17) is 16.6 Å². The fourth-order valence-electron chi connectivity index (χ4n) is 2.04. The highest BCUT2D eigenvalue weighted by Crippen LogP contribution is 2.08. The van der Waals surface area contributed by atoms with Gasteiger partial charge in [-0.05, 0) is 29.9 Å². The van der Waals surface area contributed by atoms with Gasteiger partial charge in [-0.2, -0.15) is 5.10 Å². The number of nitrogens with one attached hydrogen (secondary N) is 2. The van der Waals surface area contributed by atoms with E-state index in [-0.39, 0.29) is 0 Å². The summed E-state index contributed by atoms with van der Waals surface area (Å²) in [7, 11) is 0. The van der Waals surface area contributed by atoms with Gasteiger partial charge in [0.15, 0.2) is 5.11 Å². The van der Waals surface area contributed by atoms with E-state index < -0.39 is 0 Å². The second-order valence-corrected chi connectivity index (χ2v) is 5.21. The van der Waals surface area contributed by atoms with Crippen LogP contribution in [0.2, 0.25) is 0 Å². The molecule has 0 radical (unpaired) electrons. The Hall–Kier alpha value is -2.60. The van der Waals surface area contributed by atoms with Gasteiger partial charge in [0.25, 0.3) is 0 Å². The monoisotopic (exact) mass is 312 g/mol. The maximum atomic E-state index is 5.25. The lowest BCUT2D eigenvalue weighted by Crippen LogP contribution is -2.27. The van der Waals surface area contributed by atoms with E-state index in [0.29, 0.717) is 11.7 Å². The predicted molar refractivity (Wildman–Crippen MR) is 89.5 cm³/mol. The van der Waals surface area contributed by atoms with E-state index in [1.165, 1.54) is 5.56 Å². The molecule has 5 nitrogen and oxygen atoms in total. The Bertz CT molecular complexity index is 722. The second kappa shape index (κ2) is 6.91. The van der Waals surface area contributed by atoms with Crippen LogP contribution in [0.15, 0.2) is 65.5 Å². The number of benzene rings is 1. The van der Waals surface area contributed by atoms with Gasteiger partial charge in [-0.25, -0.2) is 0 Å². The van der Waals surface area contributed by atoms with Gasteiger partial charge >= 0.3 is 0 Å². The molecule has 0 aliphatic rings. The number of nitrogens with zero attached hydrogens (tertiary/aromatic N) is 2. The van der Waals surface area contributed by atoms with E-state index in [1.54, 1.807) is 12.5 Å². The molecule has 0 saturated carbocycles. The van der Waals surface area contributed by atoms with Crippen molar-refractivity contribution < 1.29 is 4.42 Å². The first-order valence-corrected chi connectivity index (χ1v) is 7.34. The number of rotatable bonds is 5. The molecule has 22 heavy (non-hydrogen) atoms. The van der Waals surface area contributed by atoms with Crippen LogP contribution in [0.4, 0.5) is 5.69 Å². The standard InChI is InChI=1S/C16H16N4OS/c22-16(17-10-15-7-4-8-21-15)19-14-9-18-20(12-14)11-13-5-2-1-3-6-13/h1-9,12H,10-11H2,(H2,17,19,22). The van der Waals surface area contributed by atoms with Gasteiger partial charge in [0, 0.05) is 6.20 Å². The van der Waals surface area contributed by atoms with Crippen LogP contribution >= 0.6 is 12.2 Å². The third kappa shape index (κ3) is 3.95. The fraction of sp³-hybridized carbons (Fsp3) is 0.125. The van der Waals surface area contributed by atoms with Crippen LogP contribution in [0, 0.1) is 0 Å².